The average Bonchev–Trinajstić information content (AvgIpc) is 3.19. The van der Waals surface area contributed by atoms with Crippen LogP contribution in [0.3, 0.4) is 0 Å². The molecule has 31 heavy (non-hydrogen) atoms. The van der Waals surface area contributed by atoms with Crippen molar-refractivity contribution in [1.29, 1.82) is 0 Å². The number of rotatable bonds is 12. The molecule has 0 atom stereocenters. The largest absolute Gasteiger partial charge is 0.493 e. The molecule has 3 aromatic rings. The molecule has 0 radical (unpaired) electrons. The zero-order valence-electron chi connectivity index (χ0n) is 17.8. The highest BCUT2D eigenvalue weighted by Gasteiger charge is 2.12. The van der Waals surface area contributed by atoms with E-state index in [1.165, 1.54) is 0 Å². The summed E-state index contributed by atoms with van der Waals surface area (Å²) in [4.78, 5) is 15.1. The van der Waals surface area contributed by atoms with E-state index in [0.29, 0.717) is 37.0 Å². The third-order valence-corrected chi connectivity index (χ3v) is 4.62. The van der Waals surface area contributed by atoms with E-state index in [2.05, 4.69) is 10.1 Å². The number of methoxy groups -OCH3 is 1. The van der Waals surface area contributed by atoms with Crippen LogP contribution in [0.2, 0.25) is 0 Å². The Labute approximate surface area is 181 Å². The van der Waals surface area contributed by atoms with Crippen LogP contribution in [0.1, 0.15) is 30.9 Å². The molecule has 0 saturated carbocycles. The second kappa shape index (κ2) is 11.0. The summed E-state index contributed by atoms with van der Waals surface area (Å²) in [5.74, 6) is 1.75. The summed E-state index contributed by atoms with van der Waals surface area (Å²) >= 11 is 0. The van der Waals surface area contributed by atoms with Crippen LogP contribution < -0.4 is 14.2 Å². The summed E-state index contributed by atoms with van der Waals surface area (Å²) in [7, 11) is 1.57. The molecule has 0 aliphatic carbocycles. The molecule has 164 valence electrons. The van der Waals surface area contributed by atoms with Gasteiger partial charge in [-0.2, -0.15) is 0 Å². The topological polar surface area (TPSA) is 95.7 Å². The summed E-state index contributed by atoms with van der Waals surface area (Å²) in [6.45, 7) is 2.96. The predicted molar refractivity (Wildman–Crippen MR) is 115 cm³/mol. The first-order valence-corrected chi connectivity index (χ1v) is 10.2. The smallest absolute Gasteiger partial charge is 0.303 e. The number of aromatic nitrogens is 3. The van der Waals surface area contributed by atoms with Gasteiger partial charge in [0.1, 0.15) is 0 Å². The van der Waals surface area contributed by atoms with Crippen molar-refractivity contribution < 1.29 is 24.1 Å². The Morgan fingerprint density at radius 3 is 2.71 bits per heavy atom. The van der Waals surface area contributed by atoms with E-state index in [-0.39, 0.29) is 6.42 Å². The van der Waals surface area contributed by atoms with Crippen molar-refractivity contribution in [2.75, 3.05) is 20.3 Å². The maximum Gasteiger partial charge on any atom is 0.303 e. The molecule has 0 aliphatic rings. The Morgan fingerprint density at radius 1 is 1.13 bits per heavy atom. The van der Waals surface area contributed by atoms with Crippen LogP contribution in [0.5, 0.6) is 17.4 Å². The fourth-order valence-corrected chi connectivity index (χ4v) is 3.11. The molecule has 3 rings (SSSR count). The van der Waals surface area contributed by atoms with Gasteiger partial charge in [-0.05, 0) is 56.0 Å². The number of aryl methyl sites for hydroxylation is 2. The molecule has 0 fully saturated rings. The number of hydrogen-bond donors (Lipinski definition) is 1. The van der Waals surface area contributed by atoms with Crippen molar-refractivity contribution >= 4 is 5.97 Å². The van der Waals surface area contributed by atoms with Gasteiger partial charge >= 0.3 is 5.97 Å². The van der Waals surface area contributed by atoms with E-state index in [1.54, 1.807) is 18.0 Å². The molecule has 0 unspecified atom stereocenters. The number of pyridine rings is 1. The molecular weight excluding hydrogens is 398 g/mol. The van der Waals surface area contributed by atoms with Gasteiger partial charge in [0.2, 0.25) is 5.88 Å². The lowest BCUT2D eigenvalue weighted by Gasteiger charge is -2.12. The highest BCUT2D eigenvalue weighted by atomic mass is 16.5. The van der Waals surface area contributed by atoms with Crippen molar-refractivity contribution in [3.8, 4) is 23.2 Å². The van der Waals surface area contributed by atoms with Gasteiger partial charge in [0.25, 0.3) is 0 Å². The fourth-order valence-electron chi connectivity index (χ4n) is 3.11. The summed E-state index contributed by atoms with van der Waals surface area (Å²) < 4.78 is 18.7. The quantitative estimate of drug-likeness (QED) is 0.442. The molecule has 0 aliphatic heterocycles. The van der Waals surface area contributed by atoms with Gasteiger partial charge in [0, 0.05) is 24.4 Å². The molecular formula is C23H27N3O5. The highest BCUT2D eigenvalue weighted by molar-refractivity contribution is 5.67. The van der Waals surface area contributed by atoms with Gasteiger partial charge in [-0.15, -0.1) is 5.10 Å². The number of nitrogens with zero attached hydrogens (tertiary/aromatic N) is 3. The lowest BCUT2D eigenvalue weighted by Crippen LogP contribution is -2.03. The number of carbonyl (C=O) groups is 1. The highest BCUT2D eigenvalue weighted by Crippen LogP contribution is 2.29. The third-order valence-electron chi connectivity index (χ3n) is 4.62. The van der Waals surface area contributed by atoms with E-state index in [1.807, 2.05) is 49.5 Å². The normalized spacial score (nSPS) is 10.6. The Kier molecular flexibility index (Phi) is 7.86. The number of aliphatic carboxylic acids is 1. The maximum atomic E-state index is 10.8. The minimum absolute atomic E-state index is 0.0811. The van der Waals surface area contributed by atoms with Gasteiger partial charge in [0.05, 0.1) is 20.3 Å². The minimum atomic E-state index is -0.822. The zero-order valence-corrected chi connectivity index (χ0v) is 17.8. The van der Waals surface area contributed by atoms with Gasteiger partial charge in [-0.3, -0.25) is 4.79 Å². The van der Waals surface area contributed by atoms with Crippen molar-refractivity contribution in [3.63, 3.8) is 0 Å². The van der Waals surface area contributed by atoms with Gasteiger partial charge < -0.3 is 19.3 Å². The molecule has 2 heterocycles. The first kappa shape index (κ1) is 22.1. The van der Waals surface area contributed by atoms with E-state index in [4.69, 9.17) is 19.3 Å². The summed E-state index contributed by atoms with van der Waals surface area (Å²) in [5, 5.41) is 13.3. The third kappa shape index (κ3) is 6.21. The second-order valence-electron chi connectivity index (χ2n) is 6.86. The lowest BCUT2D eigenvalue weighted by atomic mass is 10.1. The van der Waals surface area contributed by atoms with Crippen LogP contribution in [0.15, 0.2) is 48.8 Å². The molecule has 1 aromatic carbocycles. The molecule has 0 spiro atoms. The Bertz CT molecular complexity index is 988. The van der Waals surface area contributed by atoms with Crippen LogP contribution >= 0.6 is 0 Å². The van der Waals surface area contributed by atoms with E-state index in [0.717, 1.165) is 29.8 Å². The van der Waals surface area contributed by atoms with Crippen molar-refractivity contribution in [3.05, 3.63) is 59.9 Å². The molecule has 0 saturated heterocycles. The van der Waals surface area contributed by atoms with Crippen LogP contribution in [-0.4, -0.2) is 46.2 Å². The van der Waals surface area contributed by atoms with Crippen LogP contribution in [0, 0.1) is 0 Å². The average molecular weight is 425 g/mol. The predicted octanol–water partition coefficient (Wildman–Crippen LogP) is 3.70. The van der Waals surface area contributed by atoms with Gasteiger partial charge in [-0.25, -0.2) is 9.67 Å². The first-order valence-electron chi connectivity index (χ1n) is 10.2. The number of carboxylic acid groups (broad SMARTS) is 1. The Morgan fingerprint density at radius 2 is 2.00 bits per heavy atom. The monoisotopic (exact) mass is 425 g/mol. The van der Waals surface area contributed by atoms with Crippen LogP contribution in [0.4, 0.5) is 0 Å². The number of hydrogen-bond acceptors (Lipinski definition) is 6. The second-order valence-corrected chi connectivity index (χ2v) is 6.86. The van der Waals surface area contributed by atoms with Crippen LogP contribution in [-0.2, 0) is 17.6 Å². The van der Waals surface area contributed by atoms with Crippen molar-refractivity contribution in [2.24, 2.45) is 0 Å². The first-order chi connectivity index (χ1) is 15.1. The van der Waals surface area contributed by atoms with Crippen LogP contribution in [0.25, 0.3) is 5.82 Å². The summed E-state index contributed by atoms with van der Waals surface area (Å²) in [6, 6.07) is 11.2. The zero-order chi connectivity index (χ0) is 22.1. The number of benzene rings is 1. The van der Waals surface area contributed by atoms with Gasteiger partial charge in [0.15, 0.2) is 17.3 Å². The van der Waals surface area contributed by atoms with Gasteiger partial charge in [-0.1, -0.05) is 12.1 Å². The van der Waals surface area contributed by atoms with Crippen molar-refractivity contribution in [2.45, 2.75) is 32.6 Å². The maximum absolute atomic E-state index is 10.8. The van der Waals surface area contributed by atoms with E-state index >= 15 is 0 Å². The standard InChI is InChI=1S/C23H27N3O5/c1-3-30-23-18(16-26(25-23)21-8-4-5-13-24-21)7-6-14-31-19-11-9-17(10-12-22(27)28)15-20(19)29-2/h4-5,8-9,11,13,15-16H,3,6-7,10,12,14H2,1-2H3,(H,27,28). The fraction of sp³-hybridized carbons (Fsp3) is 0.348. The summed E-state index contributed by atoms with van der Waals surface area (Å²) in [5.41, 5.74) is 1.89. The molecule has 2 aromatic heterocycles. The SMILES string of the molecule is CCOc1nn(-c2ccccn2)cc1CCCOc1ccc(CCC(=O)O)cc1OC. The molecule has 0 amide bonds. The molecule has 8 heteroatoms. The van der Waals surface area contributed by atoms with E-state index < -0.39 is 5.97 Å². The Hall–Kier alpha value is -3.55. The lowest BCUT2D eigenvalue weighted by molar-refractivity contribution is -0.136. The summed E-state index contributed by atoms with van der Waals surface area (Å²) in [6.07, 6.45) is 5.69. The minimum Gasteiger partial charge on any atom is -0.493 e. The van der Waals surface area contributed by atoms with E-state index in [9.17, 15) is 4.79 Å². The van der Waals surface area contributed by atoms with Crippen molar-refractivity contribution in [1.82, 2.24) is 14.8 Å². The molecule has 1 N–H and O–H groups in total. The Balaban J connectivity index is 1.59. The number of carboxylic acids is 1. The number of ether oxygens (including phenoxy) is 3. The molecule has 8 nitrogen and oxygen atoms in total. The molecule has 0 bridgehead atoms.